The van der Waals surface area contributed by atoms with Crippen molar-refractivity contribution in [2.24, 2.45) is 0 Å². The molecule has 3 unspecified atom stereocenters. The van der Waals surface area contributed by atoms with Crippen molar-refractivity contribution in [2.75, 3.05) is 6.61 Å². The highest BCUT2D eigenvalue weighted by Gasteiger charge is 2.04. The molecule has 0 aliphatic carbocycles. The molecule has 268 valence electrons. The summed E-state index contributed by atoms with van der Waals surface area (Å²) in [5.41, 5.74) is 0. The van der Waals surface area contributed by atoms with Gasteiger partial charge in [0.15, 0.2) is 0 Å². The Hall–Kier alpha value is -0.160. The van der Waals surface area contributed by atoms with Crippen LogP contribution in [0.15, 0.2) is 0 Å². The Balaban J connectivity index is 0. The standard InChI is InChI=1S/C34H70O3.C6H14O/c1-2-3-28-33(36)29-25-23-21-19-17-15-13-11-9-7-5-4-6-8-10-12-14-16-18-20-22-24-26-30-34(37)31-27-32-35;1-3-4-5-6(2)7/h33-37H,2-32H2,1H3;6-7H,3-5H2,1-2H3. The molecule has 4 heteroatoms. The van der Waals surface area contributed by atoms with Crippen LogP contribution in [0.4, 0.5) is 0 Å². The third-order valence-electron chi connectivity index (χ3n) is 9.14. The number of hydrogen-bond donors (Lipinski definition) is 4. The fourth-order valence-corrected chi connectivity index (χ4v) is 6.03. The van der Waals surface area contributed by atoms with Crippen LogP contribution in [-0.4, -0.2) is 45.3 Å². The van der Waals surface area contributed by atoms with Gasteiger partial charge >= 0.3 is 0 Å². The van der Waals surface area contributed by atoms with Gasteiger partial charge in [-0.15, -0.1) is 0 Å². The quantitative estimate of drug-likeness (QED) is 0.0526. The smallest absolute Gasteiger partial charge is 0.0541 e. The summed E-state index contributed by atoms with van der Waals surface area (Å²) in [5, 5.41) is 37.1. The van der Waals surface area contributed by atoms with Crippen LogP contribution in [0.25, 0.3) is 0 Å². The summed E-state index contributed by atoms with van der Waals surface area (Å²) >= 11 is 0. The maximum Gasteiger partial charge on any atom is 0.0541 e. The number of unbranched alkanes of at least 4 members (excludes halogenated alkanes) is 24. The van der Waals surface area contributed by atoms with Crippen LogP contribution < -0.4 is 0 Å². The van der Waals surface area contributed by atoms with E-state index in [0.717, 1.165) is 51.4 Å². The predicted octanol–water partition coefficient (Wildman–Crippen LogP) is 12.0. The van der Waals surface area contributed by atoms with E-state index in [9.17, 15) is 10.2 Å². The van der Waals surface area contributed by atoms with Gasteiger partial charge in [0.2, 0.25) is 0 Å². The van der Waals surface area contributed by atoms with Crippen LogP contribution in [0.5, 0.6) is 0 Å². The molecule has 4 nitrogen and oxygen atoms in total. The third kappa shape index (κ3) is 44.0. The second-order valence-corrected chi connectivity index (χ2v) is 14.0. The lowest BCUT2D eigenvalue weighted by Gasteiger charge is -2.09. The normalized spacial score (nSPS) is 13.4. The Morgan fingerprint density at radius 1 is 0.318 bits per heavy atom. The van der Waals surface area contributed by atoms with Gasteiger partial charge in [0.1, 0.15) is 0 Å². The molecular formula is C40H84O4. The molecule has 0 saturated heterocycles. The van der Waals surface area contributed by atoms with Crippen molar-refractivity contribution in [1.29, 1.82) is 0 Å². The second-order valence-electron chi connectivity index (χ2n) is 14.0. The molecule has 0 aliphatic heterocycles. The highest BCUT2D eigenvalue weighted by atomic mass is 16.3. The minimum Gasteiger partial charge on any atom is -0.396 e. The van der Waals surface area contributed by atoms with E-state index in [1.807, 2.05) is 6.92 Å². The minimum absolute atomic E-state index is 0.0432. The van der Waals surface area contributed by atoms with Crippen LogP contribution in [0.1, 0.15) is 233 Å². The van der Waals surface area contributed by atoms with E-state index in [1.165, 1.54) is 161 Å². The summed E-state index contributed by atoms with van der Waals surface area (Å²) in [6, 6.07) is 0. The Bertz CT molecular complexity index is 448. The van der Waals surface area contributed by atoms with Crippen LogP contribution in [0, 0.1) is 0 Å². The van der Waals surface area contributed by atoms with Crippen molar-refractivity contribution in [3.05, 3.63) is 0 Å². The first-order valence-corrected chi connectivity index (χ1v) is 20.1. The van der Waals surface area contributed by atoms with E-state index in [0.29, 0.717) is 0 Å². The molecule has 0 radical (unpaired) electrons. The zero-order valence-corrected chi connectivity index (χ0v) is 30.6. The van der Waals surface area contributed by atoms with Crippen molar-refractivity contribution < 1.29 is 20.4 Å². The van der Waals surface area contributed by atoms with E-state index >= 15 is 0 Å². The van der Waals surface area contributed by atoms with Gasteiger partial charge in [0.05, 0.1) is 18.3 Å². The molecule has 0 saturated carbocycles. The second kappa shape index (κ2) is 40.9. The first-order chi connectivity index (χ1) is 21.5. The summed E-state index contributed by atoms with van der Waals surface area (Å²) < 4.78 is 0. The van der Waals surface area contributed by atoms with Crippen LogP contribution in [0.3, 0.4) is 0 Å². The minimum atomic E-state index is -0.199. The van der Waals surface area contributed by atoms with E-state index in [1.54, 1.807) is 0 Å². The van der Waals surface area contributed by atoms with Gasteiger partial charge < -0.3 is 20.4 Å². The molecule has 0 aromatic rings. The number of hydrogen-bond acceptors (Lipinski definition) is 4. The molecule has 0 bridgehead atoms. The first-order valence-electron chi connectivity index (χ1n) is 20.1. The maximum absolute atomic E-state index is 9.87. The lowest BCUT2D eigenvalue weighted by atomic mass is 10.0. The van der Waals surface area contributed by atoms with Crippen LogP contribution >= 0.6 is 0 Å². The van der Waals surface area contributed by atoms with E-state index in [-0.39, 0.29) is 24.9 Å². The van der Waals surface area contributed by atoms with Gasteiger partial charge in [-0.2, -0.15) is 0 Å². The summed E-state index contributed by atoms with van der Waals surface area (Å²) in [5.74, 6) is 0. The summed E-state index contributed by atoms with van der Waals surface area (Å²) in [7, 11) is 0. The highest BCUT2D eigenvalue weighted by Crippen LogP contribution is 2.17. The van der Waals surface area contributed by atoms with Crippen molar-refractivity contribution in [2.45, 2.75) is 251 Å². The van der Waals surface area contributed by atoms with Crippen molar-refractivity contribution >= 4 is 0 Å². The SMILES string of the molecule is CCCCC(C)O.CCCCC(O)CCCCCCCCCCCCCCCCCCCCCCCCCC(O)CCCO. The Morgan fingerprint density at radius 2 is 0.545 bits per heavy atom. The van der Waals surface area contributed by atoms with E-state index < -0.39 is 0 Å². The molecule has 44 heavy (non-hydrogen) atoms. The summed E-state index contributed by atoms with van der Waals surface area (Å²) in [6.45, 7) is 6.35. The van der Waals surface area contributed by atoms with Gasteiger partial charge in [0, 0.05) is 6.61 Å². The van der Waals surface area contributed by atoms with Crippen molar-refractivity contribution in [3.8, 4) is 0 Å². The molecule has 3 atom stereocenters. The van der Waals surface area contributed by atoms with E-state index in [2.05, 4.69) is 13.8 Å². The van der Waals surface area contributed by atoms with Gasteiger partial charge in [0.25, 0.3) is 0 Å². The lowest BCUT2D eigenvalue weighted by molar-refractivity contribution is 0.137. The number of rotatable bonds is 35. The van der Waals surface area contributed by atoms with Crippen LogP contribution in [0.2, 0.25) is 0 Å². The fourth-order valence-electron chi connectivity index (χ4n) is 6.03. The largest absolute Gasteiger partial charge is 0.396 e. The maximum atomic E-state index is 9.87. The van der Waals surface area contributed by atoms with Gasteiger partial charge in [-0.3, -0.25) is 0 Å². The van der Waals surface area contributed by atoms with Gasteiger partial charge in [-0.1, -0.05) is 187 Å². The number of aliphatic hydroxyl groups excluding tert-OH is 4. The predicted molar refractivity (Wildman–Crippen MR) is 194 cm³/mol. The Labute approximate surface area is 277 Å². The average Bonchev–Trinajstić information content (AvgIpc) is 3.01. The molecule has 0 fully saturated rings. The third-order valence-corrected chi connectivity index (χ3v) is 9.14. The Morgan fingerprint density at radius 3 is 0.773 bits per heavy atom. The fraction of sp³-hybridized carbons (Fsp3) is 1.00. The molecule has 0 heterocycles. The summed E-state index contributed by atoms with van der Waals surface area (Å²) in [4.78, 5) is 0. The van der Waals surface area contributed by atoms with Crippen molar-refractivity contribution in [3.63, 3.8) is 0 Å². The number of aliphatic hydroxyl groups is 4. The average molecular weight is 629 g/mol. The molecule has 0 rings (SSSR count). The van der Waals surface area contributed by atoms with Crippen molar-refractivity contribution in [1.82, 2.24) is 0 Å². The molecule has 4 N–H and O–H groups in total. The molecule has 0 aromatic carbocycles. The molecule has 0 aromatic heterocycles. The monoisotopic (exact) mass is 629 g/mol. The molecule has 0 amide bonds. The lowest BCUT2D eigenvalue weighted by Crippen LogP contribution is -2.06. The zero-order valence-electron chi connectivity index (χ0n) is 30.6. The molecule has 0 spiro atoms. The highest BCUT2D eigenvalue weighted by molar-refractivity contribution is 4.58. The van der Waals surface area contributed by atoms with Crippen LogP contribution in [-0.2, 0) is 0 Å². The Kier molecular flexibility index (Phi) is 42.7. The molecular weight excluding hydrogens is 544 g/mol. The first kappa shape index (κ1) is 46.0. The summed E-state index contributed by atoms with van der Waals surface area (Å²) in [6.07, 6.45) is 41.5. The van der Waals surface area contributed by atoms with Gasteiger partial charge in [-0.25, -0.2) is 0 Å². The van der Waals surface area contributed by atoms with Gasteiger partial charge in [-0.05, 0) is 45.4 Å². The van der Waals surface area contributed by atoms with E-state index in [4.69, 9.17) is 10.2 Å². The topological polar surface area (TPSA) is 80.9 Å². The molecule has 0 aliphatic rings. The zero-order chi connectivity index (χ0) is 32.8.